The summed E-state index contributed by atoms with van der Waals surface area (Å²) in [6.45, 7) is 0. The van der Waals surface area contributed by atoms with E-state index in [2.05, 4.69) is 15.6 Å². The minimum absolute atomic E-state index is 0.216. The average Bonchev–Trinajstić information content (AvgIpc) is 2.74. The number of nitrogens with one attached hydrogen (secondary N) is 2. The Bertz CT molecular complexity index is 1080. The third-order valence-electron chi connectivity index (χ3n) is 4.20. The summed E-state index contributed by atoms with van der Waals surface area (Å²) >= 11 is 0. The number of amides is 2. The van der Waals surface area contributed by atoms with Crippen molar-refractivity contribution in [1.82, 2.24) is 4.98 Å². The van der Waals surface area contributed by atoms with Crippen molar-refractivity contribution in [2.45, 2.75) is 0 Å². The molecule has 0 aliphatic carbocycles. The number of hydrogen-bond acceptors (Lipinski definition) is 5. The first-order valence-electron chi connectivity index (χ1n) is 8.82. The van der Waals surface area contributed by atoms with Crippen LogP contribution in [-0.4, -0.2) is 30.9 Å². The number of carbonyl (C=O) groups excluding carboxylic acids is 2. The topological polar surface area (TPSA) is 98.1 Å². The largest absolute Gasteiger partial charge is 0.378 e. The number of rotatable bonds is 5. The molecule has 0 radical (unpaired) electrons. The predicted octanol–water partition coefficient (Wildman–Crippen LogP) is 3.52. The Hall–Kier alpha value is -4.18. The van der Waals surface area contributed by atoms with E-state index in [-0.39, 0.29) is 17.0 Å². The third-order valence-corrected chi connectivity index (χ3v) is 4.20. The quantitative estimate of drug-likeness (QED) is 0.700. The average molecular weight is 385 g/mol. The van der Waals surface area contributed by atoms with Crippen molar-refractivity contribution in [2.24, 2.45) is 0 Å². The van der Waals surface area contributed by atoms with Crippen LogP contribution in [0.2, 0.25) is 0 Å². The summed E-state index contributed by atoms with van der Waals surface area (Å²) in [5.41, 5.74) is 2.87. The Morgan fingerprint density at radius 2 is 1.55 bits per heavy atom. The summed E-state index contributed by atoms with van der Waals surface area (Å²) < 4.78 is 0. The molecule has 2 amide bonds. The number of anilines is 3. The van der Waals surface area contributed by atoms with E-state index in [9.17, 15) is 9.59 Å². The number of benzene rings is 2. The molecule has 0 unspecified atom stereocenters. The molecular formula is C22H19N5O2. The molecule has 29 heavy (non-hydrogen) atoms. The minimum Gasteiger partial charge on any atom is -0.378 e. The van der Waals surface area contributed by atoms with Gasteiger partial charge in [0.25, 0.3) is 11.8 Å². The second-order valence-corrected chi connectivity index (χ2v) is 6.47. The minimum atomic E-state index is -0.454. The van der Waals surface area contributed by atoms with Crippen molar-refractivity contribution in [2.75, 3.05) is 29.6 Å². The van der Waals surface area contributed by atoms with Crippen molar-refractivity contribution in [3.05, 3.63) is 83.7 Å². The maximum atomic E-state index is 12.5. The lowest BCUT2D eigenvalue weighted by Crippen LogP contribution is -2.16. The molecule has 3 aromatic rings. The highest BCUT2D eigenvalue weighted by molar-refractivity contribution is 6.08. The van der Waals surface area contributed by atoms with Crippen molar-refractivity contribution in [1.29, 1.82) is 5.26 Å². The summed E-state index contributed by atoms with van der Waals surface area (Å²) in [5, 5.41) is 14.6. The molecule has 2 N–H and O–H groups in total. The highest BCUT2D eigenvalue weighted by atomic mass is 16.2. The van der Waals surface area contributed by atoms with Crippen LogP contribution < -0.4 is 15.5 Å². The van der Waals surface area contributed by atoms with Crippen molar-refractivity contribution in [3.63, 3.8) is 0 Å². The summed E-state index contributed by atoms with van der Waals surface area (Å²) in [4.78, 5) is 31.0. The molecule has 0 fully saturated rings. The lowest BCUT2D eigenvalue weighted by atomic mass is 10.1. The van der Waals surface area contributed by atoms with Crippen molar-refractivity contribution < 1.29 is 9.59 Å². The van der Waals surface area contributed by atoms with E-state index in [1.165, 1.54) is 18.5 Å². The molecule has 0 spiro atoms. The molecule has 0 saturated carbocycles. The number of hydrogen-bond donors (Lipinski definition) is 2. The van der Waals surface area contributed by atoms with E-state index in [4.69, 9.17) is 5.26 Å². The zero-order chi connectivity index (χ0) is 20.8. The van der Waals surface area contributed by atoms with Crippen LogP contribution in [-0.2, 0) is 0 Å². The highest BCUT2D eigenvalue weighted by Crippen LogP contribution is 2.18. The van der Waals surface area contributed by atoms with E-state index in [0.29, 0.717) is 16.9 Å². The van der Waals surface area contributed by atoms with Crippen LogP contribution >= 0.6 is 0 Å². The van der Waals surface area contributed by atoms with Crippen LogP contribution in [0, 0.1) is 11.3 Å². The maximum absolute atomic E-state index is 12.5. The molecule has 0 aliphatic rings. The zero-order valence-electron chi connectivity index (χ0n) is 16.0. The molecule has 2 aromatic carbocycles. The van der Waals surface area contributed by atoms with E-state index < -0.39 is 5.91 Å². The van der Waals surface area contributed by atoms with Crippen molar-refractivity contribution in [3.8, 4) is 6.07 Å². The van der Waals surface area contributed by atoms with Gasteiger partial charge in [-0.3, -0.25) is 14.6 Å². The molecule has 1 aromatic heterocycles. The number of nitriles is 1. The SMILES string of the molecule is CN(C)c1ccc(NC(=O)c2cncc(C(=O)Nc3ccccc3C#N)c2)cc1. The molecule has 0 atom stereocenters. The Morgan fingerprint density at radius 1 is 0.931 bits per heavy atom. The molecule has 7 heteroatoms. The van der Waals surface area contributed by atoms with Gasteiger partial charge in [0.1, 0.15) is 6.07 Å². The standard InChI is InChI=1S/C22H19N5O2/c1-27(2)19-9-7-18(8-10-19)25-21(28)16-11-17(14-24-13-16)22(29)26-20-6-4-3-5-15(20)12-23/h3-11,13-14H,1-2H3,(H,25,28)(H,26,29). The van der Waals surface area contributed by atoms with Gasteiger partial charge in [0.15, 0.2) is 0 Å². The van der Waals surface area contributed by atoms with Crippen LogP contribution in [0.3, 0.4) is 0 Å². The Morgan fingerprint density at radius 3 is 2.17 bits per heavy atom. The van der Waals surface area contributed by atoms with Crippen LogP contribution in [0.15, 0.2) is 67.0 Å². The fourth-order valence-electron chi connectivity index (χ4n) is 2.62. The lowest BCUT2D eigenvalue weighted by molar-refractivity contribution is 0.102. The van der Waals surface area contributed by atoms with Gasteiger partial charge in [-0.1, -0.05) is 12.1 Å². The Kier molecular flexibility index (Phi) is 5.85. The fourth-order valence-corrected chi connectivity index (χ4v) is 2.62. The Balaban J connectivity index is 1.73. The zero-order valence-corrected chi connectivity index (χ0v) is 16.0. The summed E-state index contributed by atoms with van der Waals surface area (Å²) in [6, 6.07) is 17.6. The number of carbonyl (C=O) groups is 2. The second-order valence-electron chi connectivity index (χ2n) is 6.47. The van der Waals surface area contributed by atoms with Gasteiger partial charge in [0.2, 0.25) is 0 Å². The van der Waals surface area contributed by atoms with Gasteiger partial charge in [-0.2, -0.15) is 5.26 Å². The number of aromatic nitrogens is 1. The van der Waals surface area contributed by atoms with Crippen molar-refractivity contribution >= 4 is 28.9 Å². The molecule has 144 valence electrons. The first kappa shape index (κ1) is 19.6. The first-order chi connectivity index (χ1) is 14.0. The van der Waals surface area contributed by atoms with E-state index >= 15 is 0 Å². The number of pyridine rings is 1. The normalized spacial score (nSPS) is 9.97. The first-order valence-corrected chi connectivity index (χ1v) is 8.82. The van der Waals surface area contributed by atoms with Gasteiger partial charge in [-0.25, -0.2) is 0 Å². The fraction of sp³-hybridized carbons (Fsp3) is 0.0909. The Labute approximate surface area is 168 Å². The van der Waals surface area contributed by atoms with Gasteiger partial charge in [-0.15, -0.1) is 0 Å². The van der Waals surface area contributed by atoms with Gasteiger partial charge in [-0.05, 0) is 42.5 Å². The molecule has 3 rings (SSSR count). The molecule has 7 nitrogen and oxygen atoms in total. The molecule has 1 heterocycles. The monoisotopic (exact) mass is 385 g/mol. The van der Waals surface area contributed by atoms with E-state index in [1.807, 2.05) is 37.2 Å². The summed E-state index contributed by atoms with van der Waals surface area (Å²) in [7, 11) is 3.87. The highest BCUT2D eigenvalue weighted by Gasteiger charge is 2.13. The van der Waals surface area contributed by atoms with Gasteiger partial charge < -0.3 is 15.5 Å². The number of para-hydroxylation sites is 1. The molecule has 0 bridgehead atoms. The molecular weight excluding hydrogens is 366 g/mol. The maximum Gasteiger partial charge on any atom is 0.257 e. The predicted molar refractivity (Wildman–Crippen MR) is 112 cm³/mol. The molecule has 0 saturated heterocycles. The van der Waals surface area contributed by atoms with Crippen LogP contribution in [0.4, 0.5) is 17.1 Å². The lowest BCUT2D eigenvalue weighted by Gasteiger charge is -2.13. The van der Waals surface area contributed by atoms with Gasteiger partial charge in [0, 0.05) is 37.9 Å². The van der Waals surface area contributed by atoms with Crippen LogP contribution in [0.25, 0.3) is 0 Å². The van der Waals surface area contributed by atoms with E-state index in [1.54, 1.807) is 36.4 Å². The molecule has 0 aliphatic heterocycles. The van der Waals surface area contributed by atoms with Crippen LogP contribution in [0.1, 0.15) is 26.3 Å². The summed E-state index contributed by atoms with van der Waals surface area (Å²) in [6.07, 6.45) is 2.76. The van der Waals surface area contributed by atoms with E-state index in [0.717, 1.165) is 5.69 Å². The summed E-state index contributed by atoms with van der Waals surface area (Å²) in [5.74, 6) is -0.827. The van der Waals surface area contributed by atoms with Gasteiger partial charge >= 0.3 is 0 Å². The van der Waals surface area contributed by atoms with Gasteiger partial charge in [0.05, 0.1) is 22.4 Å². The number of nitrogens with zero attached hydrogens (tertiary/aromatic N) is 3. The smallest absolute Gasteiger partial charge is 0.257 e. The van der Waals surface area contributed by atoms with Crippen LogP contribution in [0.5, 0.6) is 0 Å². The second kappa shape index (κ2) is 8.67. The third kappa shape index (κ3) is 4.76.